The maximum Gasteiger partial charge on any atom is 0.0681 e. The van der Waals surface area contributed by atoms with Gasteiger partial charge in [0.25, 0.3) is 0 Å². The Kier molecular flexibility index (Phi) is 15.9. The van der Waals surface area contributed by atoms with E-state index in [1.54, 1.807) is 6.20 Å². The van der Waals surface area contributed by atoms with Crippen LogP contribution in [0, 0.1) is 6.92 Å². The van der Waals surface area contributed by atoms with Crippen LogP contribution in [0.15, 0.2) is 143 Å². The maximum absolute atomic E-state index is 4.39. The zero-order chi connectivity index (χ0) is 31.5. The molecule has 0 amide bonds. The first-order chi connectivity index (χ1) is 21.0. The van der Waals surface area contributed by atoms with Crippen LogP contribution in [0.1, 0.15) is 71.9 Å². The summed E-state index contributed by atoms with van der Waals surface area (Å²) in [6, 6.07) is 12.9. The molecule has 0 spiro atoms. The van der Waals surface area contributed by atoms with Crippen LogP contribution in [0.2, 0.25) is 0 Å². The number of benzene rings is 1. The molecule has 0 fully saturated rings. The van der Waals surface area contributed by atoms with Crippen molar-refractivity contribution in [1.29, 1.82) is 0 Å². The second kappa shape index (κ2) is 19.6. The number of nitrogens with zero attached hydrogens (tertiary/aromatic N) is 3. The third-order valence-corrected chi connectivity index (χ3v) is 6.94. The molecule has 1 atom stereocenters. The highest BCUT2D eigenvalue weighted by Crippen LogP contribution is 2.34. The van der Waals surface area contributed by atoms with Gasteiger partial charge in [0.15, 0.2) is 0 Å². The lowest BCUT2D eigenvalue weighted by Crippen LogP contribution is -2.34. The number of rotatable bonds is 9. The molecule has 1 unspecified atom stereocenters. The van der Waals surface area contributed by atoms with E-state index in [4.69, 9.17) is 0 Å². The molecule has 4 nitrogen and oxygen atoms in total. The third kappa shape index (κ3) is 10.7. The van der Waals surface area contributed by atoms with Gasteiger partial charge in [-0.1, -0.05) is 81.0 Å². The normalized spacial score (nSPS) is 16.3. The van der Waals surface area contributed by atoms with Crippen molar-refractivity contribution in [3.8, 4) is 0 Å². The summed E-state index contributed by atoms with van der Waals surface area (Å²) in [5.41, 5.74) is 9.50. The summed E-state index contributed by atoms with van der Waals surface area (Å²) in [5, 5.41) is 3.78. The predicted octanol–water partition coefficient (Wildman–Crippen LogP) is 10.4. The lowest BCUT2D eigenvalue weighted by Gasteiger charge is -2.34. The largest absolute Gasteiger partial charge is 0.374 e. The minimum atomic E-state index is 0.0482. The van der Waals surface area contributed by atoms with Gasteiger partial charge in [0.2, 0.25) is 0 Å². The van der Waals surface area contributed by atoms with Gasteiger partial charge < -0.3 is 10.2 Å². The topological polar surface area (TPSA) is 40.5 Å². The van der Waals surface area contributed by atoms with Gasteiger partial charge in [0.05, 0.1) is 6.04 Å². The van der Waals surface area contributed by atoms with Crippen molar-refractivity contribution in [2.45, 2.75) is 73.8 Å². The number of pyridine rings is 1. The van der Waals surface area contributed by atoms with Crippen LogP contribution in [-0.4, -0.2) is 17.7 Å². The zero-order valence-electron chi connectivity index (χ0n) is 27.2. The van der Waals surface area contributed by atoms with Gasteiger partial charge in [-0.15, -0.1) is 0 Å². The quantitative estimate of drug-likeness (QED) is 0.239. The molecule has 1 aliphatic heterocycles. The summed E-state index contributed by atoms with van der Waals surface area (Å²) >= 11 is 0. The Balaban J connectivity index is 0.000000993. The number of aromatic nitrogens is 1. The Hall–Kier alpha value is -4.44. The molecule has 4 rings (SSSR count). The van der Waals surface area contributed by atoms with E-state index in [-0.39, 0.29) is 6.04 Å². The molecule has 0 saturated heterocycles. The number of aryl methyl sites for hydroxylation is 1. The highest BCUT2D eigenvalue weighted by atomic mass is 15.2. The lowest BCUT2D eigenvalue weighted by atomic mass is 9.96. The van der Waals surface area contributed by atoms with Crippen LogP contribution in [-0.2, 0) is 0 Å². The molecule has 0 saturated carbocycles. The first-order valence-corrected chi connectivity index (χ1v) is 15.4. The number of nitrogens with one attached hydrogen (secondary N) is 1. The average Bonchev–Trinajstić information content (AvgIpc) is 3.27. The molecule has 226 valence electrons. The standard InChI is InChI=1S/C33H36N4.C4H8.C2H6/c1-5-27(13-9-10-20-34-4)31-22-30(23-32(36-31)28-14-11-21-35-24-28)37(29-18-16-25(2)17-19-29)33-15-8-6-7-12-26(33)3;1-3-4-2;1-2/h6-8,10-11,13-24,31,36H,4-5,9,12H2,1-3H3;3-4H,1-2H3;1-2H3/b20-10-,27-13+;4-3-;. The Bertz CT molecular complexity index is 1380. The minimum absolute atomic E-state index is 0.0482. The van der Waals surface area contributed by atoms with E-state index < -0.39 is 0 Å². The first-order valence-electron chi connectivity index (χ1n) is 15.4. The first kappa shape index (κ1) is 34.8. The zero-order valence-corrected chi connectivity index (χ0v) is 27.2. The van der Waals surface area contributed by atoms with Crippen LogP contribution >= 0.6 is 0 Å². The summed E-state index contributed by atoms with van der Waals surface area (Å²) in [4.78, 5) is 10.6. The van der Waals surface area contributed by atoms with Crippen LogP contribution in [0.25, 0.3) is 5.70 Å². The number of anilines is 1. The molecular weight excluding hydrogens is 524 g/mol. The molecule has 2 aromatic rings. The molecule has 1 aromatic heterocycles. The molecule has 4 heteroatoms. The van der Waals surface area contributed by atoms with Crippen molar-refractivity contribution < 1.29 is 0 Å². The van der Waals surface area contributed by atoms with Crippen LogP contribution in [0.5, 0.6) is 0 Å². The molecular formula is C39H50N4. The Labute approximate surface area is 261 Å². The Morgan fingerprint density at radius 2 is 1.84 bits per heavy atom. The van der Waals surface area contributed by atoms with E-state index in [2.05, 4.69) is 121 Å². The fourth-order valence-corrected chi connectivity index (χ4v) is 4.59. The fraction of sp³-hybridized carbons (Fsp3) is 0.282. The fourth-order valence-electron chi connectivity index (χ4n) is 4.59. The van der Waals surface area contributed by atoms with Gasteiger partial charge in [-0.05, 0) is 107 Å². The van der Waals surface area contributed by atoms with Crippen molar-refractivity contribution in [1.82, 2.24) is 10.3 Å². The van der Waals surface area contributed by atoms with Crippen LogP contribution in [0.4, 0.5) is 5.69 Å². The van der Waals surface area contributed by atoms with Crippen molar-refractivity contribution >= 4 is 18.1 Å². The molecule has 2 aliphatic rings. The number of dihydropyridines is 1. The van der Waals surface area contributed by atoms with Crippen LogP contribution < -0.4 is 10.2 Å². The van der Waals surface area contributed by atoms with Crippen molar-refractivity contribution in [3.05, 3.63) is 149 Å². The van der Waals surface area contributed by atoms with Gasteiger partial charge in [-0.25, -0.2) is 0 Å². The van der Waals surface area contributed by atoms with E-state index >= 15 is 0 Å². The van der Waals surface area contributed by atoms with E-state index in [1.807, 2.05) is 64.4 Å². The number of hydrogen-bond acceptors (Lipinski definition) is 4. The molecule has 43 heavy (non-hydrogen) atoms. The summed E-state index contributed by atoms with van der Waals surface area (Å²) < 4.78 is 0. The number of allylic oxidation sites excluding steroid dienone is 10. The minimum Gasteiger partial charge on any atom is -0.374 e. The number of hydrogen-bond donors (Lipinski definition) is 1. The van der Waals surface area contributed by atoms with Gasteiger partial charge in [0, 0.05) is 46.9 Å². The predicted molar refractivity (Wildman–Crippen MR) is 190 cm³/mol. The number of aliphatic imine (C=N–C) groups is 1. The Morgan fingerprint density at radius 3 is 2.47 bits per heavy atom. The van der Waals surface area contributed by atoms with E-state index in [1.165, 1.54) is 22.4 Å². The van der Waals surface area contributed by atoms with E-state index in [0.717, 1.165) is 41.9 Å². The molecule has 0 radical (unpaired) electrons. The molecule has 1 N–H and O–H groups in total. The second-order valence-corrected chi connectivity index (χ2v) is 9.94. The summed E-state index contributed by atoms with van der Waals surface area (Å²) in [6.45, 7) is 18.1. The van der Waals surface area contributed by atoms with Gasteiger partial charge >= 0.3 is 0 Å². The lowest BCUT2D eigenvalue weighted by molar-refractivity contribution is 0.754. The summed E-state index contributed by atoms with van der Waals surface area (Å²) in [6.07, 6.45) is 29.8. The van der Waals surface area contributed by atoms with Gasteiger partial charge in [-0.3, -0.25) is 9.98 Å². The average molecular weight is 575 g/mol. The molecule has 2 heterocycles. The molecule has 0 bridgehead atoms. The highest BCUT2D eigenvalue weighted by molar-refractivity contribution is 5.74. The maximum atomic E-state index is 4.39. The monoisotopic (exact) mass is 574 g/mol. The van der Waals surface area contributed by atoms with Crippen molar-refractivity contribution in [3.63, 3.8) is 0 Å². The van der Waals surface area contributed by atoms with Crippen molar-refractivity contribution in [2.24, 2.45) is 4.99 Å². The van der Waals surface area contributed by atoms with E-state index in [0.29, 0.717) is 0 Å². The SMILES string of the molecule is C/C=C\C.C=N/C=C\C/C=C(\CC)C1C=C(N(C2=C(C)CC=CC=C2)c2ccc(C)cc2)C=C(c2cccnc2)N1.CC. The molecule has 1 aromatic carbocycles. The third-order valence-electron chi connectivity index (χ3n) is 6.94. The highest BCUT2D eigenvalue weighted by Gasteiger charge is 2.24. The summed E-state index contributed by atoms with van der Waals surface area (Å²) in [5.74, 6) is 0. The smallest absolute Gasteiger partial charge is 0.0681 e. The van der Waals surface area contributed by atoms with E-state index in [9.17, 15) is 0 Å². The van der Waals surface area contributed by atoms with Gasteiger partial charge in [-0.2, -0.15) is 0 Å². The molecule has 1 aliphatic carbocycles. The Morgan fingerprint density at radius 1 is 1.09 bits per heavy atom. The van der Waals surface area contributed by atoms with Crippen molar-refractivity contribution in [2.75, 3.05) is 4.90 Å². The van der Waals surface area contributed by atoms with Gasteiger partial charge in [0.1, 0.15) is 0 Å². The second-order valence-electron chi connectivity index (χ2n) is 9.94. The van der Waals surface area contributed by atoms with Crippen LogP contribution in [0.3, 0.4) is 0 Å². The summed E-state index contributed by atoms with van der Waals surface area (Å²) in [7, 11) is 0.